The number of carbonyl (C=O) groups is 2. The third-order valence-electron chi connectivity index (χ3n) is 3.33. The van der Waals surface area contributed by atoms with E-state index in [1.807, 2.05) is 0 Å². The number of thioether (sulfide) groups is 1. The normalized spacial score (nSPS) is 18.2. The van der Waals surface area contributed by atoms with Gasteiger partial charge in [-0.2, -0.15) is 0 Å². The Labute approximate surface area is 152 Å². The van der Waals surface area contributed by atoms with Gasteiger partial charge in [-0.25, -0.2) is 9.38 Å². The molecule has 0 spiro atoms. The first-order chi connectivity index (χ1) is 12.0. The van der Waals surface area contributed by atoms with Crippen LogP contribution in [0.2, 0.25) is 5.02 Å². The Morgan fingerprint density at radius 3 is 2.56 bits per heavy atom. The van der Waals surface area contributed by atoms with Gasteiger partial charge in [-0.15, -0.1) is 0 Å². The molecule has 5 nitrogen and oxygen atoms in total. The lowest BCUT2D eigenvalue weighted by Gasteiger charge is -2.07. The Balaban J connectivity index is 1.59. The molecule has 0 radical (unpaired) electrons. The highest BCUT2D eigenvalue weighted by Crippen LogP contribution is 2.26. The summed E-state index contributed by atoms with van der Waals surface area (Å²) < 4.78 is 12.9. The molecule has 0 aromatic heterocycles. The molecule has 1 aliphatic heterocycles. The van der Waals surface area contributed by atoms with Crippen molar-refractivity contribution in [2.45, 2.75) is 11.7 Å². The van der Waals surface area contributed by atoms with Crippen molar-refractivity contribution in [2.75, 3.05) is 5.32 Å². The van der Waals surface area contributed by atoms with Crippen LogP contribution in [0.25, 0.3) is 0 Å². The van der Waals surface area contributed by atoms with Crippen LogP contribution < -0.4 is 10.6 Å². The minimum atomic E-state index is -0.563. The summed E-state index contributed by atoms with van der Waals surface area (Å²) in [5.74, 6) is -0.981. The molecule has 1 atom stereocenters. The number of amidine groups is 1. The summed E-state index contributed by atoms with van der Waals surface area (Å²) in [6.45, 7) is 0. The van der Waals surface area contributed by atoms with Gasteiger partial charge in [-0.3, -0.25) is 9.59 Å². The maximum atomic E-state index is 12.9. The molecule has 0 unspecified atom stereocenters. The molecule has 2 aromatic carbocycles. The molecule has 2 N–H and O–H groups in total. The van der Waals surface area contributed by atoms with Gasteiger partial charge in [0.2, 0.25) is 11.8 Å². The summed E-state index contributed by atoms with van der Waals surface area (Å²) in [4.78, 5) is 28.4. The average molecular weight is 378 g/mol. The van der Waals surface area contributed by atoms with Crippen molar-refractivity contribution in [3.63, 3.8) is 0 Å². The van der Waals surface area contributed by atoms with E-state index in [-0.39, 0.29) is 24.1 Å². The number of hydrogen-bond acceptors (Lipinski definition) is 4. The largest absolute Gasteiger partial charge is 0.326 e. The molecule has 8 heteroatoms. The van der Waals surface area contributed by atoms with Gasteiger partial charge < -0.3 is 10.6 Å². The molecule has 1 saturated heterocycles. The van der Waals surface area contributed by atoms with Crippen molar-refractivity contribution in [3.8, 4) is 0 Å². The maximum Gasteiger partial charge on any atom is 0.240 e. The van der Waals surface area contributed by atoms with Crippen molar-refractivity contribution in [1.29, 1.82) is 0 Å². The number of anilines is 1. The van der Waals surface area contributed by atoms with Crippen molar-refractivity contribution in [2.24, 2.45) is 4.99 Å². The molecule has 1 fully saturated rings. The molecule has 0 saturated carbocycles. The number of nitrogens with zero attached hydrogens (tertiary/aromatic N) is 1. The van der Waals surface area contributed by atoms with Crippen LogP contribution in [0.15, 0.2) is 53.5 Å². The molecular formula is C17H13ClFN3O2S. The number of hydrogen-bond donors (Lipinski definition) is 2. The van der Waals surface area contributed by atoms with Gasteiger partial charge >= 0.3 is 0 Å². The number of nitrogens with one attached hydrogen (secondary N) is 2. The number of benzene rings is 2. The summed E-state index contributed by atoms with van der Waals surface area (Å²) in [6, 6.07) is 12.3. The van der Waals surface area contributed by atoms with Crippen LogP contribution in [-0.4, -0.2) is 22.2 Å². The monoisotopic (exact) mass is 377 g/mol. The molecule has 1 heterocycles. The first kappa shape index (κ1) is 17.4. The van der Waals surface area contributed by atoms with Crippen LogP contribution in [0.4, 0.5) is 15.8 Å². The van der Waals surface area contributed by atoms with Gasteiger partial charge in [0.15, 0.2) is 5.17 Å². The number of aliphatic imine (C=N–C) groups is 1. The highest BCUT2D eigenvalue weighted by Gasteiger charge is 2.32. The quantitative estimate of drug-likeness (QED) is 0.852. The average Bonchev–Trinajstić information content (AvgIpc) is 2.91. The van der Waals surface area contributed by atoms with Crippen LogP contribution in [0, 0.1) is 5.82 Å². The fourth-order valence-electron chi connectivity index (χ4n) is 2.14. The van der Waals surface area contributed by atoms with E-state index < -0.39 is 5.25 Å². The molecule has 25 heavy (non-hydrogen) atoms. The van der Waals surface area contributed by atoms with Crippen molar-refractivity contribution < 1.29 is 14.0 Å². The SMILES string of the molecule is O=C(C[C@H]1SC(=Nc2ccc(Cl)cc2)NC1=O)Nc1ccc(F)cc1. The Morgan fingerprint density at radius 1 is 1.20 bits per heavy atom. The van der Waals surface area contributed by atoms with E-state index in [9.17, 15) is 14.0 Å². The minimum absolute atomic E-state index is 0.00643. The fraction of sp³-hybridized carbons (Fsp3) is 0.118. The van der Waals surface area contributed by atoms with Gasteiger partial charge in [-0.05, 0) is 48.5 Å². The second kappa shape index (κ2) is 7.67. The lowest BCUT2D eigenvalue weighted by atomic mass is 10.2. The van der Waals surface area contributed by atoms with Crippen LogP contribution in [-0.2, 0) is 9.59 Å². The summed E-state index contributed by atoms with van der Waals surface area (Å²) in [7, 11) is 0. The van der Waals surface area contributed by atoms with E-state index in [1.54, 1.807) is 24.3 Å². The van der Waals surface area contributed by atoms with Gasteiger partial charge in [0, 0.05) is 17.1 Å². The highest BCUT2D eigenvalue weighted by molar-refractivity contribution is 8.15. The number of halogens is 2. The lowest BCUT2D eigenvalue weighted by molar-refractivity contribution is -0.122. The summed E-state index contributed by atoms with van der Waals surface area (Å²) in [5, 5.41) is 5.76. The van der Waals surface area contributed by atoms with Crippen LogP contribution in [0.3, 0.4) is 0 Å². The zero-order chi connectivity index (χ0) is 17.8. The smallest absolute Gasteiger partial charge is 0.240 e. The highest BCUT2D eigenvalue weighted by atomic mass is 35.5. The van der Waals surface area contributed by atoms with Crippen LogP contribution in [0.1, 0.15) is 6.42 Å². The van der Waals surface area contributed by atoms with Gasteiger partial charge in [0.1, 0.15) is 11.1 Å². The molecule has 0 bridgehead atoms. The van der Waals surface area contributed by atoms with E-state index in [2.05, 4.69) is 15.6 Å². The topological polar surface area (TPSA) is 70.6 Å². The third kappa shape index (κ3) is 4.80. The van der Waals surface area contributed by atoms with Gasteiger partial charge in [0.05, 0.1) is 5.69 Å². The predicted octanol–water partition coefficient (Wildman–Crippen LogP) is 3.73. The molecule has 2 aromatic rings. The number of carbonyl (C=O) groups excluding carboxylic acids is 2. The number of rotatable bonds is 4. The maximum absolute atomic E-state index is 12.9. The lowest BCUT2D eigenvalue weighted by Crippen LogP contribution is -2.28. The summed E-state index contributed by atoms with van der Waals surface area (Å²) in [5.41, 5.74) is 1.13. The van der Waals surface area contributed by atoms with E-state index in [0.29, 0.717) is 21.6 Å². The molecular weight excluding hydrogens is 365 g/mol. The third-order valence-corrected chi connectivity index (χ3v) is 4.67. The zero-order valence-electron chi connectivity index (χ0n) is 12.8. The first-order valence-electron chi connectivity index (χ1n) is 7.37. The Kier molecular flexibility index (Phi) is 5.35. The molecule has 2 amide bonds. The molecule has 0 aliphatic carbocycles. The Bertz CT molecular complexity index is 825. The van der Waals surface area contributed by atoms with Crippen molar-refractivity contribution >= 4 is 51.7 Å². The standard InChI is InChI=1S/C17H13ClFN3O2S/c18-10-1-5-13(6-2-10)21-17-22-16(24)14(25-17)9-15(23)20-12-7-3-11(19)4-8-12/h1-8,14H,9H2,(H,20,23)(H,21,22,24)/t14-/m1/s1. The summed E-state index contributed by atoms with van der Waals surface area (Å²) in [6.07, 6.45) is -0.00643. The van der Waals surface area contributed by atoms with Crippen LogP contribution in [0.5, 0.6) is 0 Å². The van der Waals surface area contributed by atoms with E-state index >= 15 is 0 Å². The van der Waals surface area contributed by atoms with E-state index in [0.717, 1.165) is 0 Å². The van der Waals surface area contributed by atoms with Gasteiger partial charge in [0.25, 0.3) is 0 Å². The molecule has 3 rings (SSSR count). The zero-order valence-corrected chi connectivity index (χ0v) is 14.4. The molecule has 128 valence electrons. The number of amides is 2. The minimum Gasteiger partial charge on any atom is -0.326 e. The summed E-state index contributed by atoms with van der Waals surface area (Å²) >= 11 is 7.01. The Morgan fingerprint density at radius 2 is 1.88 bits per heavy atom. The van der Waals surface area contributed by atoms with Crippen molar-refractivity contribution in [1.82, 2.24) is 5.32 Å². The van der Waals surface area contributed by atoms with Gasteiger partial charge in [-0.1, -0.05) is 23.4 Å². The van der Waals surface area contributed by atoms with Crippen LogP contribution >= 0.6 is 23.4 Å². The Hall–Kier alpha value is -2.38. The van der Waals surface area contributed by atoms with E-state index in [1.165, 1.54) is 36.0 Å². The first-order valence-corrected chi connectivity index (χ1v) is 8.62. The fourth-order valence-corrected chi connectivity index (χ4v) is 3.25. The molecule has 1 aliphatic rings. The van der Waals surface area contributed by atoms with Crippen molar-refractivity contribution in [3.05, 3.63) is 59.4 Å². The second-order valence-electron chi connectivity index (χ2n) is 5.25. The predicted molar refractivity (Wildman–Crippen MR) is 97.7 cm³/mol. The second-order valence-corrected chi connectivity index (χ2v) is 6.88. The van der Waals surface area contributed by atoms with E-state index in [4.69, 9.17) is 11.6 Å².